The molecule has 4 rings (SSSR count). The summed E-state index contributed by atoms with van der Waals surface area (Å²) in [7, 11) is -3.82. The third-order valence-electron chi connectivity index (χ3n) is 5.39. The van der Waals surface area contributed by atoms with E-state index in [9.17, 15) is 18.0 Å². The maximum Gasteiger partial charge on any atom is 0.262 e. The van der Waals surface area contributed by atoms with E-state index in [0.717, 1.165) is 11.1 Å². The van der Waals surface area contributed by atoms with E-state index in [0.29, 0.717) is 28.3 Å². The summed E-state index contributed by atoms with van der Waals surface area (Å²) in [6.07, 6.45) is 0. The van der Waals surface area contributed by atoms with Crippen molar-refractivity contribution in [1.29, 1.82) is 0 Å². The highest BCUT2D eigenvalue weighted by atomic mass is 32.2. The number of primary sulfonamides is 1. The van der Waals surface area contributed by atoms with Crippen LogP contribution in [0.2, 0.25) is 0 Å². The molecule has 35 heavy (non-hydrogen) atoms. The van der Waals surface area contributed by atoms with Crippen LogP contribution in [0.15, 0.2) is 87.6 Å². The predicted octanol–water partition coefficient (Wildman–Crippen LogP) is 3.52. The summed E-state index contributed by atoms with van der Waals surface area (Å²) >= 11 is 1.18. The second-order valence-electron chi connectivity index (χ2n) is 8.11. The molecule has 0 aliphatic carbocycles. The third kappa shape index (κ3) is 5.79. The number of rotatable bonds is 7. The van der Waals surface area contributed by atoms with Crippen molar-refractivity contribution < 1.29 is 13.2 Å². The zero-order chi connectivity index (χ0) is 25.2. The lowest BCUT2D eigenvalue weighted by molar-refractivity contribution is -0.115. The summed E-state index contributed by atoms with van der Waals surface area (Å²) in [5.41, 5.74) is 2.88. The van der Waals surface area contributed by atoms with Gasteiger partial charge in [0.1, 0.15) is 0 Å². The largest absolute Gasteiger partial charge is 0.325 e. The Bertz CT molecular complexity index is 1550. The minimum Gasteiger partial charge on any atom is -0.325 e. The Balaban J connectivity index is 1.61. The predicted molar refractivity (Wildman–Crippen MR) is 138 cm³/mol. The number of benzene rings is 3. The van der Waals surface area contributed by atoms with Gasteiger partial charge >= 0.3 is 0 Å². The van der Waals surface area contributed by atoms with Gasteiger partial charge in [0, 0.05) is 5.69 Å². The lowest BCUT2D eigenvalue weighted by atomic mass is 10.1. The number of aromatic nitrogens is 2. The number of amides is 1. The number of carbonyl (C=O) groups is 1. The number of nitrogens with zero attached hydrogens (tertiary/aromatic N) is 2. The molecule has 0 spiro atoms. The Hall–Kier alpha value is -3.47. The summed E-state index contributed by atoms with van der Waals surface area (Å²) in [5, 5.41) is 8.22. The van der Waals surface area contributed by atoms with Gasteiger partial charge < -0.3 is 5.32 Å². The van der Waals surface area contributed by atoms with Crippen molar-refractivity contribution in [2.75, 3.05) is 5.32 Å². The first-order valence-corrected chi connectivity index (χ1v) is 13.2. The second-order valence-corrected chi connectivity index (χ2v) is 11.0. The molecule has 0 aliphatic heterocycles. The molecule has 0 fully saturated rings. The molecule has 1 atom stereocenters. The van der Waals surface area contributed by atoms with Crippen molar-refractivity contribution in [2.45, 2.75) is 35.7 Å². The SMILES string of the molecule is Cc1ccc(Cn2c(SC(C)C(=O)Nc3ccc(S(N)(=O)=O)cc3)nc3ccccc3c2=O)cc1. The molecule has 0 aliphatic rings. The van der Waals surface area contributed by atoms with Gasteiger partial charge in [-0.1, -0.05) is 53.7 Å². The van der Waals surface area contributed by atoms with Crippen LogP contribution in [0, 0.1) is 6.92 Å². The highest BCUT2D eigenvalue weighted by Gasteiger charge is 2.20. The maximum atomic E-state index is 13.3. The molecule has 1 aromatic heterocycles. The van der Waals surface area contributed by atoms with Gasteiger partial charge in [-0.3, -0.25) is 14.2 Å². The molecule has 3 aromatic carbocycles. The number of hydrogen-bond donors (Lipinski definition) is 2. The molecule has 10 heteroatoms. The number of fused-ring (bicyclic) bond motifs is 1. The molecule has 1 amide bonds. The third-order valence-corrected chi connectivity index (χ3v) is 7.41. The molecule has 1 unspecified atom stereocenters. The Kier molecular flexibility index (Phi) is 7.06. The van der Waals surface area contributed by atoms with Gasteiger partial charge in [0.05, 0.1) is 27.6 Å². The van der Waals surface area contributed by atoms with Crippen LogP contribution in [0.1, 0.15) is 18.1 Å². The number of hydrogen-bond acceptors (Lipinski definition) is 6. The van der Waals surface area contributed by atoms with Crippen molar-refractivity contribution in [3.05, 3.63) is 94.3 Å². The van der Waals surface area contributed by atoms with E-state index in [-0.39, 0.29) is 16.4 Å². The van der Waals surface area contributed by atoms with Crippen LogP contribution in [-0.4, -0.2) is 29.1 Å². The summed E-state index contributed by atoms with van der Waals surface area (Å²) in [6.45, 7) is 4.04. The van der Waals surface area contributed by atoms with E-state index in [1.54, 1.807) is 29.7 Å². The van der Waals surface area contributed by atoms with Gasteiger partial charge in [-0.15, -0.1) is 0 Å². The molecule has 0 bridgehead atoms. The van der Waals surface area contributed by atoms with Gasteiger partial charge in [-0.05, 0) is 55.8 Å². The summed E-state index contributed by atoms with van der Waals surface area (Å²) < 4.78 is 24.4. The first-order valence-electron chi connectivity index (χ1n) is 10.8. The van der Waals surface area contributed by atoms with Gasteiger partial charge in [0.25, 0.3) is 5.56 Å². The van der Waals surface area contributed by atoms with Crippen molar-refractivity contribution in [3.63, 3.8) is 0 Å². The number of nitrogens with two attached hydrogens (primary N) is 1. The van der Waals surface area contributed by atoms with Crippen LogP contribution in [0.4, 0.5) is 5.69 Å². The van der Waals surface area contributed by atoms with Crippen LogP contribution < -0.4 is 16.0 Å². The fraction of sp³-hybridized carbons (Fsp3) is 0.160. The molecule has 8 nitrogen and oxygen atoms in total. The average molecular weight is 509 g/mol. The summed E-state index contributed by atoms with van der Waals surface area (Å²) in [5.74, 6) is -0.317. The lowest BCUT2D eigenvalue weighted by Crippen LogP contribution is -2.27. The van der Waals surface area contributed by atoms with Crippen molar-refractivity contribution >= 4 is 44.3 Å². The van der Waals surface area contributed by atoms with Crippen molar-refractivity contribution in [3.8, 4) is 0 Å². The number of anilines is 1. The Morgan fingerprint density at radius 1 is 1.06 bits per heavy atom. The van der Waals surface area contributed by atoms with Gasteiger partial charge in [0.2, 0.25) is 15.9 Å². The van der Waals surface area contributed by atoms with Gasteiger partial charge in [-0.2, -0.15) is 0 Å². The quantitative estimate of drug-likeness (QED) is 0.291. The number of para-hydroxylation sites is 1. The van der Waals surface area contributed by atoms with E-state index in [4.69, 9.17) is 5.14 Å². The Morgan fingerprint density at radius 3 is 2.37 bits per heavy atom. The van der Waals surface area contributed by atoms with Gasteiger partial charge in [-0.25, -0.2) is 18.5 Å². The molecule has 1 heterocycles. The molecule has 0 saturated heterocycles. The fourth-order valence-electron chi connectivity index (χ4n) is 3.44. The molecule has 3 N–H and O–H groups in total. The average Bonchev–Trinajstić information content (AvgIpc) is 2.82. The summed E-state index contributed by atoms with van der Waals surface area (Å²) in [6, 6.07) is 20.6. The monoisotopic (exact) mass is 508 g/mol. The zero-order valence-electron chi connectivity index (χ0n) is 19.1. The molecular formula is C25H24N4O4S2. The molecular weight excluding hydrogens is 484 g/mol. The van der Waals surface area contributed by atoms with E-state index >= 15 is 0 Å². The Labute approximate surface area is 207 Å². The van der Waals surface area contributed by atoms with E-state index in [1.807, 2.05) is 37.3 Å². The normalized spacial score (nSPS) is 12.4. The topological polar surface area (TPSA) is 124 Å². The smallest absolute Gasteiger partial charge is 0.262 e. The standard InChI is InChI=1S/C25H24N4O4S2/c1-16-7-9-18(10-8-16)15-29-24(31)21-5-3-4-6-22(21)28-25(29)34-17(2)23(30)27-19-11-13-20(14-12-19)35(26,32)33/h3-14,17H,15H2,1-2H3,(H,27,30)(H2,26,32,33). The zero-order valence-corrected chi connectivity index (χ0v) is 20.8. The summed E-state index contributed by atoms with van der Waals surface area (Å²) in [4.78, 5) is 30.8. The minimum atomic E-state index is -3.82. The maximum absolute atomic E-state index is 13.3. The molecule has 180 valence electrons. The van der Waals surface area contributed by atoms with E-state index in [2.05, 4.69) is 10.3 Å². The van der Waals surface area contributed by atoms with E-state index in [1.165, 1.54) is 36.0 Å². The number of aryl methyl sites for hydroxylation is 1. The molecule has 4 aromatic rings. The van der Waals surface area contributed by atoms with Gasteiger partial charge in [0.15, 0.2) is 5.16 Å². The van der Waals surface area contributed by atoms with Crippen LogP contribution in [0.5, 0.6) is 0 Å². The van der Waals surface area contributed by atoms with Crippen molar-refractivity contribution in [1.82, 2.24) is 9.55 Å². The first-order chi connectivity index (χ1) is 16.6. The van der Waals surface area contributed by atoms with Crippen LogP contribution in [0.25, 0.3) is 10.9 Å². The van der Waals surface area contributed by atoms with Crippen LogP contribution in [-0.2, 0) is 21.4 Å². The number of sulfonamides is 1. The number of thioether (sulfide) groups is 1. The number of nitrogens with one attached hydrogen (secondary N) is 1. The van der Waals surface area contributed by atoms with Crippen molar-refractivity contribution in [2.24, 2.45) is 5.14 Å². The first kappa shape index (κ1) is 24.6. The lowest BCUT2D eigenvalue weighted by Gasteiger charge is -2.17. The second kappa shape index (κ2) is 10.0. The van der Waals surface area contributed by atoms with Crippen LogP contribution in [0.3, 0.4) is 0 Å². The van der Waals surface area contributed by atoms with Crippen LogP contribution >= 0.6 is 11.8 Å². The van der Waals surface area contributed by atoms with E-state index < -0.39 is 15.3 Å². The minimum absolute atomic E-state index is 0.0431. The number of carbonyl (C=O) groups excluding carboxylic acids is 1. The highest BCUT2D eigenvalue weighted by Crippen LogP contribution is 2.25. The highest BCUT2D eigenvalue weighted by molar-refractivity contribution is 8.00. The Morgan fingerprint density at radius 2 is 1.71 bits per heavy atom. The molecule has 0 radical (unpaired) electrons. The molecule has 0 saturated carbocycles. The fourth-order valence-corrected chi connectivity index (χ4v) is 4.86.